The molecule has 1 heterocycles. The fraction of sp³-hybridized carbons (Fsp3) is 0.741. The number of hydrogen-bond donors (Lipinski definition) is 4. The van der Waals surface area contributed by atoms with Gasteiger partial charge in [-0.05, 0) is 43.1 Å². The average molecular weight is 1030 g/mol. The van der Waals surface area contributed by atoms with Crippen LogP contribution in [0.5, 0.6) is 0 Å². The van der Waals surface area contributed by atoms with Crippen LogP contribution in [0.3, 0.4) is 0 Å². The Bertz CT molecular complexity index is 1850. The molecule has 2 rings (SSSR count). The van der Waals surface area contributed by atoms with Crippen molar-refractivity contribution in [2.24, 2.45) is 23.7 Å². The Labute approximate surface area is 435 Å². The van der Waals surface area contributed by atoms with Gasteiger partial charge in [0, 0.05) is 54.2 Å². The minimum atomic E-state index is -0.986. The Hall–Kier alpha value is -4.68. The van der Waals surface area contributed by atoms with Crippen molar-refractivity contribution in [3.05, 3.63) is 35.9 Å². The zero-order valence-corrected chi connectivity index (χ0v) is 45.9. The maximum atomic E-state index is 14.6. The zero-order chi connectivity index (χ0) is 54.6. The summed E-state index contributed by atoms with van der Waals surface area (Å²) in [6.45, 7) is 18.3. The van der Waals surface area contributed by atoms with Crippen molar-refractivity contribution < 1.29 is 62.3 Å². The van der Waals surface area contributed by atoms with Crippen LogP contribution in [0.25, 0.3) is 0 Å². The molecule has 0 saturated carbocycles. The lowest BCUT2D eigenvalue weighted by molar-refractivity contribution is -0.148. The molecule has 0 aliphatic carbocycles. The molecule has 1 aliphatic heterocycles. The molecule has 0 aromatic heterocycles. The summed E-state index contributed by atoms with van der Waals surface area (Å²) in [6, 6.07) is 5.62. The normalized spacial score (nSPS) is 17.3. The number of aliphatic hydroxyl groups is 1. The van der Waals surface area contributed by atoms with Crippen LogP contribution < -0.4 is 16.0 Å². The number of likely N-dealkylation sites (N-methyl/N-ethyl adjacent to an activating group) is 2. The summed E-state index contributed by atoms with van der Waals surface area (Å²) in [5, 5.41) is 19.5. The Morgan fingerprint density at radius 1 is 0.795 bits per heavy atom. The van der Waals surface area contributed by atoms with Gasteiger partial charge in [0.25, 0.3) is 0 Å². The van der Waals surface area contributed by atoms with E-state index < -0.39 is 66.3 Å². The van der Waals surface area contributed by atoms with Crippen LogP contribution >= 0.6 is 0 Å². The molecule has 1 aliphatic rings. The third-order valence-electron chi connectivity index (χ3n) is 13.6. The van der Waals surface area contributed by atoms with Crippen LogP contribution in [0, 0.1) is 36.0 Å². The number of carbonyl (C=O) groups excluding carboxylic acids is 6. The number of ether oxygens (including phenoxy) is 6. The Balaban J connectivity index is 2.04. The minimum Gasteiger partial charge on any atom is -0.386 e. The molecule has 414 valence electrons. The van der Waals surface area contributed by atoms with E-state index in [0.29, 0.717) is 71.0 Å². The van der Waals surface area contributed by atoms with Crippen molar-refractivity contribution in [1.29, 1.82) is 0 Å². The van der Waals surface area contributed by atoms with Crippen molar-refractivity contribution in [1.82, 2.24) is 30.7 Å². The summed E-state index contributed by atoms with van der Waals surface area (Å²) in [4.78, 5) is 87.5. The zero-order valence-electron chi connectivity index (χ0n) is 45.9. The van der Waals surface area contributed by atoms with E-state index in [4.69, 9.17) is 34.8 Å². The smallest absolute Gasteiger partial charge is 0.245 e. The van der Waals surface area contributed by atoms with Crippen LogP contribution in [-0.4, -0.2) is 192 Å². The first-order valence-corrected chi connectivity index (χ1v) is 26.0. The highest BCUT2D eigenvalue weighted by molar-refractivity contribution is 5.93. The van der Waals surface area contributed by atoms with Gasteiger partial charge in [-0.1, -0.05) is 91.1 Å². The molecule has 0 unspecified atom stereocenters. The topological polar surface area (TPSA) is 224 Å². The van der Waals surface area contributed by atoms with E-state index in [1.54, 1.807) is 42.8 Å². The number of terminal acetylenes is 1. The lowest BCUT2D eigenvalue weighted by Crippen LogP contribution is -2.60. The second-order valence-electron chi connectivity index (χ2n) is 19.6. The highest BCUT2D eigenvalue weighted by atomic mass is 16.6. The Morgan fingerprint density at radius 2 is 1.40 bits per heavy atom. The number of aliphatic hydroxyl groups excluding tert-OH is 1. The number of nitrogens with one attached hydrogen (secondary N) is 3. The molecule has 1 saturated heterocycles. The van der Waals surface area contributed by atoms with E-state index in [0.717, 1.165) is 0 Å². The van der Waals surface area contributed by atoms with Gasteiger partial charge in [-0.3, -0.25) is 28.8 Å². The molecule has 10 atom stereocenters. The van der Waals surface area contributed by atoms with E-state index in [1.165, 1.54) is 26.2 Å². The number of methoxy groups -OCH3 is 2. The first-order chi connectivity index (χ1) is 34.8. The van der Waals surface area contributed by atoms with Gasteiger partial charge < -0.3 is 64.2 Å². The van der Waals surface area contributed by atoms with Crippen molar-refractivity contribution in [3.63, 3.8) is 0 Å². The van der Waals surface area contributed by atoms with Gasteiger partial charge in [-0.25, -0.2) is 0 Å². The molecule has 6 amide bonds. The van der Waals surface area contributed by atoms with Gasteiger partial charge >= 0.3 is 0 Å². The van der Waals surface area contributed by atoms with Gasteiger partial charge in [0.2, 0.25) is 35.4 Å². The average Bonchev–Trinajstić information content (AvgIpc) is 3.86. The van der Waals surface area contributed by atoms with Crippen LogP contribution in [-0.2, 0) is 57.2 Å². The lowest BCUT2D eigenvalue weighted by Gasteiger charge is -2.41. The summed E-state index contributed by atoms with van der Waals surface area (Å²) in [5.74, 6) is -1.22. The molecular formula is C54H90N6O13. The summed E-state index contributed by atoms with van der Waals surface area (Å²) in [6.07, 6.45) is 4.56. The van der Waals surface area contributed by atoms with E-state index in [-0.39, 0.29) is 80.4 Å². The van der Waals surface area contributed by atoms with E-state index in [2.05, 4.69) is 21.9 Å². The van der Waals surface area contributed by atoms with Crippen molar-refractivity contribution >= 4 is 35.4 Å². The maximum Gasteiger partial charge on any atom is 0.245 e. The second kappa shape index (κ2) is 34.7. The number of hydrogen-bond acceptors (Lipinski definition) is 13. The Morgan fingerprint density at radius 3 is 1.95 bits per heavy atom. The van der Waals surface area contributed by atoms with Gasteiger partial charge in [0.1, 0.15) is 18.7 Å². The molecule has 0 bridgehead atoms. The van der Waals surface area contributed by atoms with Gasteiger partial charge in [0.05, 0.1) is 95.0 Å². The predicted molar refractivity (Wildman–Crippen MR) is 278 cm³/mol. The van der Waals surface area contributed by atoms with Gasteiger partial charge in [-0.15, -0.1) is 6.42 Å². The van der Waals surface area contributed by atoms with Crippen LogP contribution in [0.15, 0.2) is 30.3 Å². The van der Waals surface area contributed by atoms with Crippen LogP contribution in [0.4, 0.5) is 0 Å². The minimum absolute atomic E-state index is 0.0526. The number of likely N-dealkylation sites (tertiary alicyclic amines) is 1. The number of carbonyl (C=O) groups is 6. The molecule has 0 spiro atoms. The molecule has 19 heteroatoms. The number of nitrogens with zero attached hydrogens (tertiary/aromatic N) is 3. The number of rotatable bonds is 36. The molecule has 1 aromatic carbocycles. The largest absolute Gasteiger partial charge is 0.386 e. The SMILES string of the molecule is C#CCOCCOCCOCCOCCNC(=O)CCC(=O)N(C)[C@H](C(=O)N[C@H](C(=O)N(C)[C@@H]([C@@H](C)CC)[C@@H](CC(=O)N1CCC[C@H]1[C@H](OC)[C@@H](C)C(=O)N[C@H](C)[C@@H](O)c1ccccc1)OC)C(C)C)C(C)C. The summed E-state index contributed by atoms with van der Waals surface area (Å²) < 4.78 is 33.5. The van der Waals surface area contributed by atoms with Gasteiger partial charge in [-0.2, -0.15) is 0 Å². The van der Waals surface area contributed by atoms with E-state index in [1.807, 2.05) is 59.7 Å². The first-order valence-electron chi connectivity index (χ1n) is 26.0. The first kappa shape index (κ1) is 64.4. The van der Waals surface area contributed by atoms with E-state index in [9.17, 15) is 33.9 Å². The highest BCUT2D eigenvalue weighted by Gasteiger charge is 2.43. The maximum absolute atomic E-state index is 14.6. The Kier molecular flexibility index (Phi) is 30.7. The highest BCUT2D eigenvalue weighted by Crippen LogP contribution is 2.30. The van der Waals surface area contributed by atoms with Crippen molar-refractivity contribution in [3.8, 4) is 12.3 Å². The van der Waals surface area contributed by atoms with Crippen LogP contribution in [0.2, 0.25) is 0 Å². The number of benzene rings is 1. The molecule has 1 aromatic rings. The third kappa shape index (κ3) is 21.2. The molecule has 73 heavy (non-hydrogen) atoms. The molecule has 0 radical (unpaired) electrons. The summed E-state index contributed by atoms with van der Waals surface area (Å²) in [5.41, 5.74) is 0.684. The fourth-order valence-electron chi connectivity index (χ4n) is 9.27. The second-order valence-corrected chi connectivity index (χ2v) is 19.6. The lowest BCUT2D eigenvalue weighted by atomic mass is 9.89. The van der Waals surface area contributed by atoms with Gasteiger partial charge in [0.15, 0.2) is 0 Å². The number of amides is 6. The molecule has 19 nitrogen and oxygen atoms in total. The van der Waals surface area contributed by atoms with Crippen molar-refractivity contribution in [2.45, 2.75) is 142 Å². The quantitative estimate of drug-likeness (QED) is 0.0560. The fourth-order valence-corrected chi connectivity index (χ4v) is 9.27. The summed E-state index contributed by atoms with van der Waals surface area (Å²) >= 11 is 0. The predicted octanol–water partition coefficient (Wildman–Crippen LogP) is 3.36. The third-order valence-corrected chi connectivity index (χ3v) is 13.6. The van der Waals surface area contributed by atoms with Crippen molar-refractivity contribution in [2.75, 3.05) is 94.3 Å². The van der Waals surface area contributed by atoms with Crippen LogP contribution in [0.1, 0.15) is 106 Å². The van der Waals surface area contributed by atoms with E-state index >= 15 is 0 Å². The standard InChI is InChI=1S/C54H90N6O13/c1-14-27-70-29-31-72-33-34-73-32-30-71-28-25-55-44(61)23-24-45(62)58(10)48(37(5)6)53(66)57-47(36(3)4)54(67)59(11)49(38(7)15-2)43(68-12)35-46(63)60-26-19-22-42(60)51(69-13)39(8)52(65)56-40(9)50(64)41-20-17-16-18-21-41/h1,16-18,20-21,36-40,42-43,47-51,64H,15,19,22-35H2,2-13H3,(H,55,61)(H,56,65)(H,57,66)/t38-,39+,40+,42-,43+,47-,48-,49-,50+,51+/m0/s1. The monoisotopic (exact) mass is 1030 g/mol. The summed E-state index contributed by atoms with van der Waals surface area (Å²) in [7, 11) is 6.23. The molecular weight excluding hydrogens is 941 g/mol. The molecule has 1 fully saturated rings. The molecule has 4 N–H and O–H groups in total.